The van der Waals surface area contributed by atoms with E-state index in [0.29, 0.717) is 5.88 Å². The second kappa shape index (κ2) is 3.42. The lowest BCUT2D eigenvalue weighted by Gasteiger charge is -1.99. The maximum atomic E-state index is 5.59. The monoisotopic (exact) mass is 156 g/mol. The highest BCUT2D eigenvalue weighted by Gasteiger charge is 1.91. The van der Waals surface area contributed by atoms with E-state index < -0.39 is 0 Å². The van der Waals surface area contributed by atoms with E-state index in [4.69, 9.17) is 11.6 Å². The zero-order chi connectivity index (χ0) is 7.40. The molecule has 1 aromatic heterocycles. The lowest BCUT2D eigenvalue weighted by atomic mass is 10.3. The topological polar surface area (TPSA) is 24.9 Å². The number of rotatable bonds is 2. The highest BCUT2D eigenvalue weighted by Crippen LogP contribution is 2.08. The summed E-state index contributed by atoms with van der Waals surface area (Å²) >= 11 is 5.59. The lowest BCUT2D eigenvalue weighted by Crippen LogP contribution is -1.90. The highest BCUT2D eigenvalue weighted by molar-refractivity contribution is 6.17. The van der Waals surface area contributed by atoms with E-state index in [2.05, 4.69) is 10.3 Å². The average molecular weight is 157 g/mol. The van der Waals surface area contributed by atoms with E-state index >= 15 is 0 Å². The molecule has 0 spiro atoms. The van der Waals surface area contributed by atoms with Gasteiger partial charge in [-0.3, -0.25) is 4.98 Å². The van der Waals surface area contributed by atoms with Gasteiger partial charge in [-0.2, -0.15) is 0 Å². The summed E-state index contributed by atoms with van der Waals surface area (Å²) in [7, 11) is 1.86. The molecule has 0 unspecified atom stereocenters. The van der Waals surface area contributed by atoms with Crippen molar-refractivity contribution in [2.45, 2.75) is 5.88 Å². The first kappa shape index (κ1) is 7.35. The lowest BCUT2D eigenvalue weighted by molar-refractivity contribution is 1.24. The van der Waals surface area contributed by atoms with Crippen LogP contribution in [0.15, 0.2) is 18.5 Å². The van der Waals surface area contributed by atoms with E-state index in [0.717, 1.165) is 11.3 Å². The summed E-state index contributed by atoms with van der Waals surface area (Å²) in [6, 6.07) is 1.97. The molecule has 0 aliphatic carbocycles. The summed E-state index contributed by atoms with van der Waals surface area (Å²) < 4.78 is 0. The number of hydrogen-bond acceptors (Lipinski definition) is 2. The largest absolute Gasteiger partial charge is 0.387 e. The molecule has 0 aromatic carbocycles. The van der Waals surface area contributed by atoms with Gasteiger partial charge < -0.3 is 5.32 Å². The number of aromatic nitrogens is 1. The zero-order valence-corrected chi connectivity index (χ0v) is 6.52. The van der Waals surface area contributed by atoms with Crippen LogP contribution in [0.25, 0.3) is 0 Å². The van der Waals surface area contributed by atoms with Crippen LogP contribution in [0.2, 0.25) is 0 Å². The molecule has 0 saturated heterocycles. The smallest absolute Gasteiger partial charge is 0.0527 e. The van der Waals surface area contributed by atoms with Gasteiger partial charge in [-0.25, -0.2) is 0 Å². The molecule has 0 saturated carbocycles. The molecule has 0 radical (unpaired) electrons. The van der Waals surface area contributed by atoms with Gasteiger partial charge in [-0.05, 0) is 11.6 Å². The molecule has 10 heavy (non-hydrogen) atoms. The van der Waals surface area contributed by atoms with E-state index in [1.807, 2.05) is 13.1 Å². The SMILES string of the molecule is CNc1cncc(CCl)c1. The summed E-state index contributed by atoms with van der Waals surface area (Å²) in [6.45, 7) is 0. The van der Waals surface area contributed by atoms with Crippen molar-refractivity contribution in [2.75, 3.05) is 12.4 Å². The molecule has 2 nitrogen and oxygen atoms in total. The first-order valence-corrected chi connectivity index (χ1v) is 3.58. The molecule has 1 aromatic rings. The minimum atomic E-state index is 0.516. The first-order valence-electron chi connectivity index (χ1n) is 3.04. The molecule has 1 N–H and O–H groups in total. The Kier molecular flexibility index (Phi) is 2.51. The summed E-state index contributed by atoms with van der Waals surface area (Å²) in [4.78, 5) is 3.98. The van der Waals surface area contributed by atoms with E-state index in [1.165, 1.54) is 0 Å². The summed E-state index contributed by atoms with van der Waals surface area (Å²) in [5.74, 6) is 0.516. The van der Waals surface area contributed by atoms with Crippen LogP contribution in [0.5, 0.6) is 0 Å². The van der Waals surface area contributed by atoms with Gasteiger partial charge >= 0.3 is 0 Å². The molecule has 0 aliphatic rings. The molecule has 0 bridgehead atoms. The molecular weight excluding hydrogens is 148 g/mol. The number of nitrogens with zero attached hydrogens (tertiary/aromatic N) is 1. The van der Waals surface area contributed by atoms with Crippen molar-refractivity contribution in [3.8, 4) is 0 Å². The van der Waals surface area contributed by atoms with Crippen molar-refractivity contribution in [2.24, 2.45) is 0 Å². The second-order valence-electron chi connectivity index (χ2n) is 1.97. The number of nitrogens with one attached hydrogen (secondary N) is 1. The minimum absolute atomic E-state index is 0.516. The Bertz CT molecular complexity index is 193. The van der Waals surface area contributed by atoms with Crippen molar-refractivity contribution < 1.29 is 0 Å². The van der Waals surface area contributed by atoms with E-state index in [1.54, 1.807) is 12.4 Å². The number of anilines is 1. The second-order valence-corrected chi connectivity index (χ2v) is 2.23. The quantitative estimate of drug-likeness (QED) is 0.662. The molecule has 54 valence electrons. The molecule has 0 atom stereocenters. The summed E-state index contributed by atoms with van der Waals surface area (Å²) in [6.07, 6.45) is 3.52. The van der Waals surface area contributed by atoms with Crippen molar-refractivity contribution in [3.05, 3.63) is 24.0 Å². The Morgan fingerprint density at radius 3 is 3.00 bits per heavy atom. The fourth-order valence-electron chi connectivity index (χ4n) is 0.697. The highest BCUT2D eigenvalue weighted by atomic mass is 35.5. The fraction of sp³-hybridized carbons (Fsp3) is 0.286. The van der Waals surface area contributed by atoms with Crippen molar-refractivity contribution in [3.63, 3.8) is 0 Å². The Balaban J connectivity index is 2.87. The number of hydrogen-bond donors (Lipinski definition) is 1. The van der Waals surface area contributed by atoms with Crippen LogP contribution in [-0.4, -0.2) is 12.0 Å². The Morgan fingerprint density at radius 2 is 2.40 bits per heavy atom. The van der Waals surface area contributed by atoms with Gasteiger partial charge in [0.15, 0.2) is 0 Å². The third-order valence-corrected chi connectivity index (χ3v) is 1.55. The van der Waals surface area contributed by atoms with Crippen LogP contribution < -0.4 is 5.32 Å². The van der Waals surface area contributed by atoms with Crippen molar-refractivity contribution in [1.29, 1.82) is 0 Å². The molecule has 0 aliphatic heterocycles. The third kappa shape index (κ3) is 1.61. The maximum absolute atomic E-state index is 5.59. The van der Waals surface area contributed by atoms with Crippen molar-refractivity contribution >= 4 is 17.3 Å². The van der Waals surface area contributed by atoms with Crippen LogP contribution in [0.3, 0.4) is 0 Å². The van der Waals surface area contributed by atoms with Crippen LogP contribution >= 0.6 is 11.6 Å². The Hall–Kier alpha value is -0.760. The third-order valence-electron chi connectivity index (χ3n) is 1.24. The van der Waals surface area contributed by atoms with Crippen LogP contribution in [0, 0.1) is 0 Å². The van der Waals surface area contributed by atoms with Gasteiger partial charge in [-0.1, -0.05) is 0 Å². The van der Waals surface area contributed by atoms with Gasteiger partial charge in [0.25, 0.3) is 0 Å². The predicted octanol–water partition coefficient (Wildman–Crippen LogP) is 1.86. The Labute approximate surface area is 65.2 Å². The van der Waals surface area contributed by atoms with E-state index in [-0.39, 0.29) is 0 Å². The predicted molar refractivity (Wildman–Crippen MR) is 43.3 cm³/mol. The van der Waals surface area contributed by atoms with Gasteiger partial charge in [0, 0.05) is 25.3 Å². The molecule has 1 heterocycles. The molecule has 0 amide bonds. The minimum Gasteiger partial charge on any atom is -0.387 e. The van der Waals surface area contributed by atoms with Crippen LogP contribution in [-0.2, 0) is 5.88 Å². The number of halogens is 1. The fourth-order valence-corrected chi connectivity index (χ4v) is 0.844. The van der Waals surface area contributed by atoms with Gasteiger partial charge in [0.2, 0.25) is 0 Å². The average Bonchev–Trinajstić information content (AvgIpc) is 2.05. The summed E-state index contributed by atoms with van der Waals surface area (Å²) in [5.41, 5.74) is 2.03. The standard InChI is InChI=1S/C7H9ClN2/c1-9-7-2-6(3-8)4-10-5-7/h2,4-5,9H,3H2,1H3. The number of pyridine rings is 1. The van der Waals surface area contributed by atoms with Gasteiger partial charge in [0.1, 0.15) is 0 Å². The van der Waals surface area contributed by atoms with Crippen LogP contribution in [0.4, 0.5) is 5.69 Å². The van der Waals surface area contributed by atoms with Crippen LogP contribution in [0.1, 0.15) is 5.56 Å². The Morgan fingerprint density at radius 1 is 1.60 bits per heavy atom. The molecule has 0 fully saturated rings. The first-order chi connectivity index (χ1) is 4.86. The van der Waals surface area contributed by atoms with Gasteiger partial charge in [0.05, 0.1) is 5.69 Å². The summed E-state index contributed by atoms with van der Waals surface area (Å²) in [5, 5.41) is 2.98. The zero-order valence-electron chi connectivity index (χ0n) is 5.76. The molecular formula is C7H9ClN2. The number of alkyl halides is 1. The molecule has 1 rings (SSSR count). The normalized spacial score (nSPS) is 9.40. The van der Waals surface area contributed by atoms with Gasteiger partial charge in [-0.15, -0.1) is 11.6 Å². The maximum Gasteiger partial charge on any atom is 0.0527 e. The van der Waals surface area contributed by atoms with Crippen molar-refractivity contribution in [1.82, 2.24) is 4.98 Å². The molecule has 3 heteroatoms. The van der Waals surface area contributed by atoms with E-state index in [9.17, 15) is 0 Å².